The van der Waals surface area contributed by atoms with Gasteiger partial charge in [-0.15, -0.1) is 0 Å². The number of ether oxygens (including phenoxy) is 3. The second-order valence-corrected chi connectivity index (χ2v) is 22.4. The number of unbranched alkanes of at least 4 members (excludes halogenated alkanes) is 46. The Morgan fingerprint density at radius 3 is 0.781 bits per heavy atom. The topological polar surface area (TPSA) is 78.9 Å². The molecule has 0 bridgehead atoms. The summed E-state index contributed by atoms with van der Waals surface area (Å²) in [5, 5.41) is 0. The molecule has 1 atom stereocenters. The van der Waals surface area contributed by atoms with Gasteiger partial charge < -0.3 is 14.2 Å². The van der Waals surface area contributed by atoms with E-state index in [-0.39, 0.29) is 31.1 Å². The molecule has 0 aliphatic carbocycles. The van der Waals surface area contributed by atoms with E-state index in [1.54, 1.807) is 0 Å². The number of esters is 3. The van der Waals surface area contributed by atoms with Gasteiger partial charge in [0, 0.05) is 19.3 Å². The van der Waals surface area contributed by atoms with Gasteiger partial charge in [-0.2, -0.15) is 0 Å². The van der Waals surface area contributed by atoms with Crippen molar-refractivity contribution in [1.29, 1.82) is 0 Å². The van der Waals surface area contributed by atoms with Crippen LogP contribution in [0.25, 0.3) is 0 Å². The van der Waals surface area contributed by atoms with Crippen LogP contribution in [0.2, 0.25) is 0 Å². The van der Waals surface area contributed by atoms with Crippen molar-refractivity contribution in [3.05, 3.63) is 24.3 Å². The van der Waals surface area contributed by atoms with Gasteiger partial charge in [0.25, 0.3) is 0 Å². The van der Waals surface area contributed by atoms with Crippen molar-refractivity contribution in [2.24, 2.45) is 0 Å². The quantitative estimate of drug-likeness (QED) is 0.0261. The third kappa shape index (κ3) is 60.6. The van der Waals surface area contributed by atoms with Gasteiger partial charge in [-0.3, -0.25) is 14.4 Å². The summed E-state index contributed by atoms with van der Waals surface area (Å²) in [4.78, 5) is 38.3. The lowest BCUT2D eigenvalue weighted by molar-refractivity contribution is -0.167. The smallest absolute Gasteiger partial charge is 0.306 e. The van der Waals surface area contributed by atoms with Crippen LogP contribution in [0.15, 0.2) is 24.3 Å². The first-order chi connectivity index (χ1) is 36.0. The number of rotatable bonds is 61. The van der Waals surface area contributed by atoms with Gasteiger partial charge in [-0.25, -0.2) is 0 Å². The summed E-state index contributed by atoms with van der Waals surface area (Å²) in [6.45, 7) is 6.69. The molecule has 0 unspecified atom stereocenters. The minimum absolute atomic E-state index is 0.0674. The maximum Gasteiger partial charge on any atom is 0.306 e. The first-order valence-corrected chi connectivity index (χ1v) is 32.8. The highest BCUT2D eigenvalue weighted by atomic mass is 16.6. The zero-order valence-corrected chi connectivity index (χ0v) is 49.4. The number of hydrogen-bond acceptors (Lipinski definition) is 6. The average molecular weight is 1030 g/mol. The van der Waals surface area contributed by atoms with E-state index in [1.165, 1.54) is 257 Å². The number of carbonyl (C=O) groups is 3. The van der Waals surface area contributed by atoms with Crippen LogP contribution in [0.3, 0.4) is 0 Å². The molecule has 430 valence electrons. The van der Waals surface area contributed by atoms with Crippen LogP contribution >= 0.6 is 0 Å². The van der Waals surface area contributed by atoms with Crippen LogP contribution in [-0.2, 0) is 28.6 Å². The predicted octanol–water partition coefficient (Wildman–Crippen LogP) is 22.2. The molecule has 0 saturated heterocycles. The minimum atomic E-state index is -0.771. The molecule has 6 heteroatoms. The van der Waals surface area contributed by atoms with Gasteiger partial charge in [0.1, 0.15) is 13.2 Å². The summed E-state index contributed by atoms with van der Waals surface area (Å²) >= 11 is 0. The van der Waals surface area contributed by atoms with Crippen LogP contribution in [0.4, 0.5) is 0 Å². The van der Waals surface area contributed by atoms with Gasteiger partial charge in [0.2, 0.25) is 0 Å². The van der Waals surface area contributed by atoms with E-state index >= 15 is 0 Å². The minimum Gasteiger partial charge on any atom is -0.462 e. The van der Waals surface area contributed by atoms with Gasteiger partial charge in [-0.1, -0.05) is 321 Å². The van der Waals surface area contributed by atoms with E-state index in [4.69, 9.17) is 14.2 Å². The summed E-state index contributed by atoms with van der Waals surface area (Å²) in [6.07, 6.45) is 74.7. The van der Waals surface area contributed by atoms with Crippen molar-refractivity contribution in [1.82, 2.24) is 0 Å². The van der Waals surface area contributed by atoms with E-state index in [9.17, 15) is 14.4 Å². The molecule has 0 saturated carbocycles. The van der Waals surface area contributed by atoms with Crippen LogP contribution < -0.4 is 0 Å². The summed E-state index contributed by atoms with van der Waals surface area (Å²) in [6, 6.07) is 0. The van der Waals surface area contributed by atoms with Crippen LogP contribution in [0.1, 0.15) is 367 Å². The predicted molar refractivity (Wildman–Crippen MR) is 316 cm³/mol. The SMILES string of the molecule is CCCCC/C=C\C/C=C\CCCCCCCCCC(=O)OC[C@H](COC(=O)CCCCCCCCCCCCCCCCCCC)OC(=O)CCCCCCCCCCCCCCCCCCCCCCC. The molecule has 0 fully saturated rings. The van der Waals surface area contributed by atoms with E-state index in [0.29, 0.717) is 19.3 Å². The highest BCUT2D eigenvalue weighted by Crippen LogP contribution is 2.18. The Hall–Kier alpha value is -2.11. The summed E-state index contributed by atoms with van der Waals surface area (Å²) in [7, 11) is 0. The molecule has 0 rings (SSSR count). The van der Waals surface area contributed by atoms with Gasteiger partial charge in [-0.05, 0) is 51.4 Å². The molecule has 0 aliphatic heterocycles. The number of carbonyl (C=O) groups excluding carboxylic acids is 3. The Kier molecular flexibility index (Phi) is 60.6. The molecule has 0 amide bonds. The third-order valence-electron chi connectivity index (χ3n) is 15.0. The second-order valence-electron chi connectivity index (χ2n) is 22.4. The lowest BCUT2D eigenvalue weighted by Crippen LogP contribution is -2.30. The molecule has 0 aliphatic rings. The molecule has 0 spiro atoms. The molecule has 73 heavy (non-hydrogen) atoms. The average Bonchev–Trinajstić information content (AvgIpc) is 3.39. The van der Waals surface area contributed by atoms with Crippen LogP contribution in [0, 0.1) is 0 Å². The van der Waals surface area contributed by atoms with Crippen molar-refractivity contribution >= 4 is 17.9 Å². The maximum absolute atomic E-state index is 12.9. The molecule has 0 aromatic carbocycles. The largest absolute Gasteiger partial charge is 0.462 e. The summed E-state index contributed by atoms with van der Waals surface area (Å²) in [5.41, 5.74) is 0. The van der Waals surface area contributed by atoms with E-state index in [0.717, 1.165) is 70.6 Å². The maximum atomic E-state index is 12.9. The van der Waals surface area contributed by atoms with Gasteiger partial charge >= 0.3 is 17.9 Å². The van der Waals surface area contributed by atoms with Crippen molar-refractivity contribution < 1.29 is 28.6 Å². The zero-order chi connectivity index (χ0) is 52.9. The fraction of sp³-hybridized carbons (Fsp3) is 0.896. The van der Waals surface area contributed by atoms with Crippen molar-refractivity contribution in [3.63, 3.8) is 0 Å². The first kappa shape index (κ1) is 70.9. The standard InChI is InChI=1S/C67H126O6/c1-4-7-10-13-16-19-22-25-28-31-32-33-34-37-40-43-46-49-52-55-58-61-67(70)73-64(62-71-65(68)59-56-53-50-47-44-41-38-35-29-26-23-20-17-14-11-8-5-2)63-72-66(69)60-57-54-51-48-45-42-39-36-30-27-24-21-18-15-12-9-6-3/h17,20,26,29,64H,4-16,18-19,21-25,27-28,30-63H2,1-3H3/b20-17-,29-26-/t64-/m1/s1. The van der Waals surface area contributed by atoms with Crippen molar-refractivity contribution in [2.75, 3.05) is 13.2 Å². The first-order valence-electron chi connectivity index (χ1n) is 32.8. The molecular formula is C67H126O6. The highest BCUT2D eigenvalue weighted by molar-refractivity contribution is 5.71. The molecule has 0 heterocycles. The second kappa shape index (κ2) is 62.4. The summed E-state index contributed by atoms with van der Waals surface area (Å²) in [5.74, 6) is -0.845. The number of allylic oxidation sites excluding steroid dienone is 4. The Morgan fingerprint density at radius 2 is 0.493 bits per heavy atom. The Balaban J connectivity index is 4.31. The van der Waals surface area contributed by atoms with E-state index < -0.39 is 6.10 Å². The van der Waals surface area contributed by atoms with Crippen LogP contribution in [0.5, 0.6) is 0 Å². The third-order valence-corrected chi connectivity index (χ3v) is 15.0. The van der Waals surface area contributed by atoms with Crippen molar-refractivity contribution in [3.8, 4) is 0 Å². The molecule has 0 N–H and O–H groups in total. The van der Waals surface area contributed by atoms with Crippen LogP contribution in [-0.4, -0.2) is 37.2 Å². The lowest BCUT2D eigenvalue weighted by atomic mass is 10.0. The molecule has 0 aromatic rings. The van der Waals surface area contributed by atoms with Crippen molar-refractivity contribution in [2.45, 2.75) is 374 Å². The monoisotopic (exact) mass is 1030 g/mol. The van der Waals surface area contributed by atoms with E-state index in [1.807, 2.05) is 0 Å². The van der Waals surface area contributed by atoms with E-state index in [2.05, 4.69) is 45.1 Å². The fourth-order valence-corrected chi connectivity index (χ4v) is 10.0. The molecule has 0 aromatic heterocycles. The molecular weight excluding hydrogens is 901 g/mol. The fourth-order valence-electron chi connectivity index (χ4n) is 10.0. The Labute approximate surface area is 455 Å². The highest BCUT2D eigenvalue weighted by Gasteiger charge is 2.19. The summed E-state index contributed by atoms with van der Waals surface area (Å²) < 4.78 is 17.0. The molecule has 6 nitrogen and oxygen atoms in total. The van der Waals surface area contributed by atoms with Gasteiger partial charge in [0.05, 0.1) is 0 Å². The zero-order valence-electron chi connectivity index (χ0n) is 49.4. The Morgan fingerprint density at radius 1 is 0.274 bits per heavy atom. The normalized spacial score (nSPS) is 12.1. The molecule has 0 radical (unpaired) electrons. The lowest BCUT2D eigenvalue weighted by Gasteiger charge is -2.18. The number of hydrogen-bond donors (Lipinski definition) is 0. The van der Waals surface area contributed by atoms with Gasteiger partial charge in [0.15, 0.2) is 6.10 Å². The Bertz CT molecular complexity index is 1180.